The summed E-state index contributed by atoms with van der Waals surface area (Å²) < 4.78 is 0. The van der Waals surface area contributed by atoms with Gasteiger partial charge in [-0.15, -0.1) is 0 Å². The number of anilines is 2. The van der Waals surface area contributed by atoms with Crippen LogP contribution < -0.4 is 10.6 Å². The van der Waals surface area contributed by atoms with Gasteiger partial charge in [-0.1, -0.05) is 36.4 Å². The fourth-order valence-corrected chi connectivity index (χ4v) is 2.71. The number of nitrogens with two attached hydrogens (primary N) is 1. The van der Waals surface area contributed by atoms with Crippen molar-refractivity contribution in [1.82, 2.24) is 4.90 Å². The van der Waals surface area contributed by atoms with Crippen LogP contribution in [0.1, 0.15) is 26.3 Å². The molecule has 0 aromatic heterocycles. The van der Waals surface area contributed by atoms with E-state index in [1.807, 2.05) is 50.2 Å². The molecular formula is C22H24N4O2. The molecule has 0 heterocycles. The van der Waals surface area contributed by atoms with Crippen molar-refractivity contribution in [2.24, 2.45) is 0 Å². The molecule has 2 aromatic rings. The summed E-state index contributed by atoms with van der Waals surface area (Å²) in [6.07, 6.45) is 1.28. The van der Waals surface area contributed by atoms with Crippen LogP contribution in [0.25, 0.3) is 0 Å². The minimum Gasteiger partial charge on any atom is -0.399 e. The summed E-state index contributed by atoms with van der Waals surface area (Å²) in [5.41, 5.74) is 7.61. The number of nitrogens with zero attached hydrogens (tertiary/aromatic N) is 3. The highest BCUT2D eigenvalue weighted by atomic mass is 16.2. The van der Waals surface area contributed by atoms with Crippen molar-refractivity contribution in [3.63, 3.8) is 0 Å². The third-order valence-electron chi connectivity index (χ3n) is 4.18. The molecule has 2 aromatic carbocycles. The third kappa shape index (κ3) is 5.21. The summed E-state index contributed by atoms with van der Waals surface area (Å²) in [7, 11) is 0. The van der Waals surface area contributed by atoms with Crippen molar-refractivity contribution in [1.29, 1.82) is 5.26 Å². The molecule has 2 rings (SSSR count). The van der Waals surface area contributed by atoms with Gasteiger partial charge in [-0.05, 0) is 37.6 Å². The summed E-state index contributed by atoms with van der Waals surface area (Å²) in [4.78, 5) is 28.0. The molecule has 0 aliphatic carbocycles. The zero-order chi connectivity index (χ0) is 20.7. The Labute approximate surface area is 165 Å². The van der Waals surface area contributed by atoms with E-state index >= 15 is 0 Å². The van der Waals surface area contributed by atoms with E-state index in [-0.39, 0.29) is 17.5 Å². The molecule has 0 aliphatic rings. The van der Waals surface area contributed by atoms with Gasteiger partial charge in [0.2, 0.25) is 5.91 Å². The van der Waals surface area contributed by atoms with Crippen LogP contribution in [0.2, 0.25) is 0 Å². The number of amides is 2. The molecule has 0 unspecified atom stereocenters. The fraction of sp³-hybridized carbons (Fsp3) is 0.227. The first kappa shape index (κ1) is 20.7. The fourth-order valence-electron chi connectivity index (χ4n) is 2.71. The summed E-state index contributed by atoms with van der Waals surface area (Å²) >= 11 is 0. The van der Waals surface area contributed by atoms with Gasteiger partial charge >= 0.3 is 0 Å². The first-order valence-corrected chi connectivity index (χ1v) is 8.95. The molecule has 0 bridgehead atoms. The second-order valence-corrected chi connectivity index (χ2v) is 6.65. The first-order valence-electron chi connectivity index (χ1n) is 8.95. The van der Waals surface area contributed by atoms with E-state index in [1.165, 1.54) is 18.0 Å². The number of nitriles is 1. The largest absolute Gasteiger partial charge is 0.399 e. The number of hydrogen-bond donors (Lipinski definition) is 1. The third-order valence-corrected chi connectivity index (χ3v) is 4.18. The van der Waals surface area contributed by atoms with Crippen LogP contribution >= 0.6 is 0 Å². The van der Waals surface area contributed by atoms with Crippen molar-refractivity contribution < 1.29 is 9.59 Å². The molecule has 0 radical (unpaired) electrons. The van der Waals surface area contributed by atoms with Crippen LogP contribution in [0.15, 0.2) is 66.4 Å². The van der Waals surface area contributed by atoms with E-state index < -0.39 is 5.91 Å². The minimum absolute atomic E-state index is 0.123. The van der Waals surface area contributed by atoms with E-state index in [2.05, 4.69) is 0 Å². The van der Waals surface area contributed by atoms with Gasteiger partial charge in [0, 0.05) is 31.4 Å². The molecule has 0 spiro atoms. The number of carbonyl (C=O) groups excluding carboxylic acids is 2. The maximum atomic E-state index is 13.0. The Hall–Kier alpha value is -3.59. The highest BCUT2D eigenvalue weighted by Gasteiger charge is 2.23. The van der Waals surface area contributed by atoms with Crippen molar-refractivity contribution in [2.75, 3.05) is 10.6 Å². The highest BCUT2D eigenvalue weighted by molar-refractivity contribution is 6.01. The van der Waals surface area contributed by atoms with Crippen LogP contribution in [0, 0.1) is 11.3 Å². The van der Waals surface area contributed by atoms with Crippen LogP contribution in [0.3, 0.4) is 0 Å². The number of rotatable bonds is 6. The summed E-state index contributed by atoms with van der Waals surface area (Å²) in [6.45, 7) is 5.50. The average Bonchev–Trinajstić information content (AvgIpc) is 2.66. The molecule has 0 aliphatic heterocycles. The van der Waals surface area contributed by atoms with Crippen LogP contribution in [-0.2, 0) is 16.1 Å². The van der Waals surface area contributed by atoms with Gasteiger partial charge in [-0.25, -0.2) is 0 Å². The van der Waals surface area contributed by atoms with E-state index in [1.54, 1.807) is 29.2 Å². The summed E-state index contributed by atoms with van der Waals surface area (Å²) in [6, 6.07) is 18.1. The quantitative estimate of drug-likeness (QED) is 0.475. The molecule has 0 fully saturated rings. The first-order chi connectivity index (χ1) is 13.3. The molecule has 28 heavy (non-hydrogen) atoms. The molecule has 144 valence electrons. The monoisotopic (exact) mass is 376 g/mol. The molecule has 0 saturated heterocycles. The summed E-state index contributed by atoms with van der Waals surface area (Å²) in [5.74, 6) is -0.762. The standard InChI is InChI=1S/C22H24N4O2/c1-16(2)25(14-18-8-5-4-6-9-18)22(28)19(13-23)15-26(17(3)27)21-11-7-10-20(24)12-21/h4-12,15-16H,14,24H2,1-3H3/b19-15-. The summed E-state index contributed by atoms with van der Waals surface area (Å²) in [5, 5.41) is 9.60. The van der Waals surface area contributed by atoms with Crippen LogP contribution in [0.4, 0.5) is 11.4 Å². The predicted octanol–water partition coefficient (Wildman–Crippen LogP) is 3.47. The van der Waals surface area contributed by atoms with Crippen LogP contribution in [-0.4, -0.2) is 22.8 Å². The number of hydrogen-bond acceptors (Lipinski definition) is 4. The maximum absolute atomic E-state index is 13.0. The molecule has 6 nitrogen and oxygen atoms in total. The van der Waals surface area contributed by atoms with Gasteiger partial charge in [0.15, 0.2) is 0 Å². The van der Waals surface area contributed by atoms with Crippen molar-refractivity contribution in [3.05, 3.63) is 71.9 Å². The van der Waals surface area contributed by atoms with Crippen molar-refractivity contribution in [3.8, 4) is 6.07 Å². The topological polar surface area (TPSA) is 90.4 Å². The molecular weight excluding hydrogens is 352 g/mol. The molecule has 2 N–H and O–H groups in total. The van der Waals surface area contributed by atoms with Crippen molar-refractivity contribution in [2.45, 2.75) is 33.4 Å². The lowest BCUT2D eigenvalue weighted by Gasteiger charge is -2.27. The van der Waals surface area contributed by atoms with Gasteiger partial charge < -0.3 is 10.6 Å². The Morgan fingerprint density at radius 1 is 1.14 bits per heavy atom. The van der Waals surface area contributed by atoms with Crippen LogP contribution in [0.5, 0.6) is 0 Å². The predicted molar refractivity (Wildman–Crippen MR) is 110 cm³/mol. The smallest absolute Gasteiger partial charge is 0.266 e. The van der Waals surface area contributed by atoms with Gasteiger partial charge in [-0.2, -0.15) is 5.26 Å². The normalized spacial score (nSPS) is 11.0. The Bertz CT molecular complexity index is 914. The number of carbonyl (C=O) groups is 2. The number of benzene rings is 2. The van der Waals surface area contributed by atoms with Gasteiger partial charge in [-0.3, -0.25) is 14.5 Å². The molecule has 6 heteroatoms. The Balaban J connectivity index is 2.37. The maximum Gasteiger partial charge on any atom is 0.266 e. The second kappa shape index (κ2) is 9.38. The Morgan fingerprint density at radius 3 is 2.36 bits per heavy atom. The molecule has 0 atom stereocenters. The second-order valence-electron chi connectivity index (χ2n) is 6.65. The zero-order valence-electron chi connectivity index (χ0n) is 16.3. The number of nitrogen functional groups attached to an aromatic ring is 1. The lowest BCUT2D eigenvalue weighted by molar-refractivity contribution is -0.129. The van der Waals surface area contributed by atoms with Gasteiger partial charge in [0.05, 0.1) is 5.69 Å². The van der Waals surface area contributed by atoms with E-state index in [9.17, 15) is 14.9 Å². The lowest BCUT2D eigenvalue weighted by atomic mass is 10.1. The SMILES string of the molecule is CC(=O)N(/C=C(/C#N)C(=O)N(Cc1ccccc1)C(C)C)c1cccc(N)c1. The Morgan fingerprint density at radius 2 is 1.82 bits per heavy atom. The Kier molecular flexibility index (Phi) is 6.94. The van der Waals surface area contributed by atoms with E-state index in [0.29, 0.717) is 17.9 Å². The molecule has 0 saturated carbocycles. The van der Waals surface area contributed by atoms with E-state index in [0.717, 1.165) is 5.56 Å². The minimum atomic E-state index is -0.434. The van der Waals surface area contributed by atoms with Gasteiger partial charge in [0.25, 0.3) is 5.91 Å². The van der Waals surface area contributed by atoms with Crippen molar-refractivity contribution >= 4 is 23.2 Å². The zero-order valence-corrected chi connectivity index (χ0v) is 16.3. The van der Waals surface area contributed by atoms with E-state index in [4.69, 9.17) is 5.73 Å². The highest BCUT2D eigenvalue weighted by Crippen LogP contribution is 2.20. The molecule has 2 amide bonds. The van der Waals surface area contributed by atoms with Gasteiger partial charge in [0.1, 0.15) is 11.6 Å². The average molecular weight is 376 g/mol. The lowest BCUT2D eigenvalue weighted by Crippen LogP contribution is -2.38.